The number of hydrogen-bond acceptors (Lipinski definition) is 2. The molecule has 1 fully saturated rings. The van der Waals surface area contributed by atoms with E-state index in [1.807, 2.05) is 6.08 Å². The standard InChI is InChI=1S/C25H23F5N2O/c26-19-7-2-1-6-18(19)22-10-5-15-32(22)24(33)23(31-21-9-4-3-8-20(21)27)16-11-13-17(14-12-16)25(28,29)30/h1-4,7-9,11-14,18,22-23,31H,5-6,10,15H2. The third-order valence-electron chi connectivity index (χ3n) is 6.17. The Kier molecular flexibility index (Phi) is 6.54. The molecule has 1 heterocycles. The number of alkyl halides is 3. The fourth-order valence-corrected chi connectivity index (χ4v) is 4.50. The number of halogens is 5. The first-order valence-electron chi connectivity index (χ1n) is 10.8. The number of nitrogens with one attached hydrogen (secondary N) is 1. The lowest BCUT2D eigenvalue weighted by atomic mass is 9.89. The van der Waals surface area contributed by atoms with Crippen molar-refractivity contribution in [2.24, 2.45) is 5.92 Å². The number of allylic oxidation sites excluding steroid dienone is 3. The molecule has 0 aromatic heterocycles. The summed E-state index contributed by atoms with van der Waals surface area (Å²) >= 11 is 0. The first kappa shape index (κ1) is 23.0. The average molecular weight is 462 g/mol. The summed E-state index contributed by atoms with van der Waals surface area (Å²) in [4.78, 5) is 15.2. The van der Waals surface area contributed by atoms with Crippen LogP contribution in [0.5, 0.6) is 0 Å². The lowest BCUT2D eigenvalue weighted by Gasteiger charge is -2.34. The molecule has 2 aromatic rings. The van der Waals surface area contributed by atoms with Crippen LogP contribution in [0.1, 0.15) is 36.4 Å². The monoisotopic (exact) mass is 462 g/mol. The maximum absolute atomic E-state index is 14.5. The molecule has 8 heteroatoms. The molecule has 4 rings (SSSR count). The highest BCUT2D eigenvalue weighted by atomic mass is 19.4. The molecule has 1 N–H and O–H groups in total. The molecule has 0 radical (unpaired) electrons. The predicted molar refractivity (Wildman–Crippen MR) is 115 cm³/mol. The zero-order valence-electron chi connectivity index (χ0n) is 17.7. The van der Waals surface area contributed by atoms with Gasteiger partial charge in [0.15, 0.2) is 0 Å². The van der Waals surface area contributed by atoms with Crippen molar-refractivity contribution < 1.29 is 26.7 Å². The van der Waals surface area contributed by atoms with Gasteiger partial charge in [-0.15, -0.1) is 0 Å². The summed E-state index contributed by atoms with van der Waals surface area (Å²) in [6, 6.07) is 8.49. The van der Waals surface area contributed by atoms with Crippen LogP contribution in [0.4, 0.5) is 27.6 Å². The van der Waals surface area contributed by atoms with Crippen LogP contribution >= 0.6 is 0 Å². The number of benzene rings is 2. The highest BCUT2D eigenvalue weighted by Crippen LogP contribution is 2.37. The summed E-state index contributed by atoms with van der Waals surface area (Å²) in [5.74, 6) is -1.78. The first-order valence-corrected chi connectivity index (χ1v) is 10.8. The van der Waals surface area contributed by atoms with E-state index < -0.39 is 35.4 Å². The van der Waals surface area contributed by atoms with E-state index in [4.69, 9.17) is 0 Å². The number of carbonyl (C=O) groups is 1. The minimum absolute atomic E-state index is 0.0539. The van der Waals surface area contributed by atoms with Crippen LogP contribution in [0.25, 0.3) is 0 Å². The van der Waals surface area contributed by atoms with Crippen LogP contribution in [-0.2, 0) is 11.0 Å². The van der Waals surface area contributed by atoms with Crippen LogP contribution < -0.4 is 5.32 Å². The minimum Gasteiger partial charge on any atom is -0.368 e. The summed E-state index contributed by atoms with van der Waals surface area (Å²) in [7, 11) is 0. The summed E-state index contributed by atoms with van der Waals surface area (Å²) < 4.78 is 68.0. The van der Waals surface area contributed by atoms with Crippen molar-refractivity contribution in [3.05, 3.63) is 89.5 Å². The SMILES string of the molecule is O=C(C(Nc1ccccc1F)c1ccc(C(F)(F)F)cc1)N1CCCC1C1CC=CC=C1F. The Bertz CT molecular complexity index is 1060. The van der Waals surface area contributed by atoms with Crippen molar-refractivity contribution in [3.63, 3.8) is 0 Å². The third kappa shape index (κ3) is 4.94. The Morgan fingerprint density at radius 3 is 2.45 bits per heavy atom. The minimum atomic E-state index is -4.52. The van der Waals surface area contributed by atoms with E-state index in [1.165, 1.54) is 36.4 Å². The molecule has 3 nitrogen and oxygen atoms in total. The van der Waals surface area contributed by atoms with E-state index in [0.29, 0.717) is 25.8 Å². The predicted octanol–water partition coefficient (Wildman–Crippen LogP) is 6.42. The van der Waals surface area contributed by atoms with Crippen molar-refractivity contribution in [1.29, 1.82) is 0 Å². The first-order chi connectivity index (χ1) is 15.8. The van der Waals surface area contributed by atoms with Crippen molar-refractivity contribution in [3.8, 4) is 0 Å². The molecule has 1 aliphatic carbocycles. The summed E-state index contributed by atoms with van der Waals surface area (Å²) in [6.07, 6.45) is 2.11. The lowest BCUT2D eigenvalue weighted by Crippen LogP contribution is -2.44. The fraction of sp³-hybridized carbons (Fsp3) is 0.320. The summed E-state index contributed by atoms with van der Waals surface area (Å²) in [5, 5.41) is 2.86. The Labute approximate surface area is 188 Å². The number of hydrogen-bond donors (Lipinski definition) is 1. The topological polar surface area (TPSA) is 32.3 Å². The van der Waals surface area contributed by atoms with Crippen molar-refractivity contribution in [2.45, 2.75) is 37.5 Å². The zero-order chi connectivity index (χ0) is 23.6. The maximum atomic E-state index is 14.5. The molecule has 1 aliphatic heterocycles. The van der Waals surface area contributed by atoms with E-state index in [0.717, 1.165) is 12.1 Å². The van der Waals surface area contributed by atoms with Gasteiger partial charge in [-0.2, -0.15) is 13.2 Å². The number of para-hydroxylation sites is 1. The van der Waals surface area contributed by atoms with Gasteiger partial charge in [-0.05, 0) is 55.2 Å². The van der Waals surface area contributed by atoms with Gasteiger partial charge in [-0.1, -0.05) is 36.4 Å². The highest BCUT2D eigenvalue weighted by Gasteiger charge is 2.40. The Morgan fingerprint density at radius 1 is 1.06 bits per heavy atom. The van der Waals surface area contributed by atoms with E-state index >= 15 is 0 Å². The Balaban J connectivity index is 1.66. The van der Waals surface area contributed by atoms with Crippen molar-refractivity contribution in [2.75, 3.05) is 11.9 Å². The molecule has 0 bridgehead atoms. The molecular weight excluding hydrogens is 439 g/mol. The van der Waals surface area contributed by atoms with Crippen LogP contribution in [0, 0.1) is 11.7 Å². The molecule has 3 atom stereocenters. The van der Waals surface area contributed by atoms with E-state index in [-0.39, 0.29) is 23.1 Å². The second kappa shape index (κ2) is 9.37. The van der Waals surface area contributed by atoms with Gasteiger partial charge in [0.1, 0.15) is 17.7 Å². The number of likely N-dealkylation sites (tertiary alicyclic amines) is 1. The molecule has 0 saturated carbocycles. The zero-order valence-corrected chi connectivity index (χ0v) is 17.7. The summed E-state index contributed by atoms with van der Waals surface area (Å²) in [5.41, 5.74) is -0.525. The van der Waals surface area contributed by atoms with Crippen LogP contribution in [0.15, 0.2) is 72.6 Å². The molecule has 1 saturated heterocycles. The number of carbonyl (C=O) groups excluding carboxylic acids is 1. The van der Waals surface area contributed by atoms with E-state index in [1.54, 1.807) is 17.0 Å². The number of nitrogens with zero attached hydrogens (tertiary/aromatic N) is 1. The van der Waals surface area contributed by atoms with Crippen LogP contribution in [0.3, 0.4) is 0 Å². The molecule has 33 heavy (non-hydrogen) atoms. The Hall–Kier alpha value is -3.16. The van der Waals surface area contributed by atoms with Crippen molar-refractivity contribution >= 4 is 11.6 Å². The second-order valence-corrected chi connectivity index (χ2v) is 8.24. The normalized spacial score (nSPS) is 21.6. The van der Waals surface area contributed by atoms with Gasteiger partial charge in [0, 0.05) is 18.5 Å². The molecule has 2 aliphatic rings. The molecular formula is C25H23F5N2O. The second-order valence-electron chi connectivity index (χ2n) is 8.24. The average Bonchev–Trinajstić information content (AvgIpc) is 3.28. The van der Waals surface area contributed by atoms with E-state index in [9.17, 15) is 26.7 Å². The maximum Gasteiger partial charge on any atom is 0.416 e. The molecule has 2 aromatic carbocycles. The van der Waals surface area contributed by atoms with Crippen LogP contribution in [-0.4, -0.2) is 23.4 Å². The molecule has 1 amide bonds. The number of amides is 1. The number of rotatable bonds is 5. The molecule has 174 valence electrons. The van der Waals surface area contributed by atoms with Gasteiger partial charge in [-0.25, -0.2) is 8.78 Å². The van der Waals surface area contributed by atoms with Crippen molar-refractivity contribution in [1.82, 2.24) is 4.90 Å². The fourth-order valence-electron chi connectivity index (χ4n) is 4.50. The van der Waals surface area contributed by atoms with Gasteiger partial charge in [0.05, 0.1) is 11.3 Å². The smallest absolute Gasteiger partial charge is 0.368 e. The molecule has 0 spiro atoms. The van der Waals surface area contributed by atoms with Gasteiger partial charge >= 0.3 is 6.18 Å². The summed E-state index contributed by atoms with van der Waals surface area (Å²) in [6.45, 7) is 0.396. The lowest BCUT2D eigenvalue weighted by molar-refractivity contribution is -0.137. The quantitative estimate of drug-likeness (QED) is 0.520. The van der Waals surface area contributed by atoms with Gasteiger partial charge in [0.25, 0.3) is 0 Å². The third-order valence-corrected chi connectivity index (χ3v) is 6.17. The van der Waals surface area contributed by atoms with Crippen LogP contribution in [0.2, 0.25) is 0 Å². The van der Waals surface area contributed by atoms with Gasteiger partial charge in [0.2, 0.25) is 5.91 Å². The molecule has 3 unspecified atom stereocenters. The van der Waals surface area contributed by atoms with Gasteiger partial charge in [-0.3, -0.25) is 4.79 Å². The van der Waals surface area contributed by atoms with E-state index in [2.05, 4.69) is 5.32 Å². The van der Waals surface area contributed by atoms with Gasteiger partial charge < -0.3 is 10.2 Å². The Morgan fingerprint density at radius 2 is 1.79 bits per heavy atom. The highest BCUT2D eigenvalue weighted by molar-refractivity contribution is 5.86. The number of anilines is 1. The largest absolute Gasteiger partial charge is 0.416 e.